The van der Waals surface area contributed by atoms with Gasteiger partial charge in [-0.1, -0.05) is 84.3 Å². The van der Waals surface area contributed by atoms with Gasteiger partial charge in [-0.15, -0.1) is 0 Å². The average molecular weight is 381 g/mol. The number of allylic oxidation sites excluding steroid dienone is 2. The van der Waals surface area contributed by atoms with Crippen LogP contribution in [0, 0.1) is 17.8 Å². The molecule has 0 bridgehead atoms. The van der Waals surface area contributed by atoms with Crippen LogP contribution in [0.25, 0.3) is 0 Å². The van der Waals surface area contributed by atoms with E-state index in [2.05, 4.69) is 13.8 Å². The second kappa shape index (κ2) is 14.7. The number of rotatable bonds is 14. The van der Waals surface area contributed by atoms with Crippen LogP contribution in [0.15, 0.2) is 12.2 Å². The van der Waals surface area contributed by atoms with Crippen molar-refractivity contribution in [2.45, 2.75) is 91.4 Å². The summed E-state index contributed by atoms with van der Waals surface area (Å²) >= 11 is 0. The van der Waals surface area contributed by atoms with Crippen LogP contribution < -0.4 is 0 Å². The zero-order chi connectivity index (χ0) is 19.9. The maximum absolute atomic E-state index is 12.6. The van der Waals surface area contributed by atoms with E-state index in [-0.39, 0.29) is 17.9 Å². The van der Waals surface area contributed by atoms with Gasteiger partial charge < -0.3 is 9.47 Å². The maximum Gasteiger partial charge on any atom is 0.310 e. The number of esters is 2. The van der Waals surface area contributed by atoms with Crippen molar-refractivity contribution in [1.82, 2.24) is 0 Å². The molecule has 27 heavy (non-hydrogen) atoms. The van der Waals surface area contributed by atoms with Gasteiger partial charge in [0.1, 0.15) is 0 Å². The first-order chi connectivity index (χ1) is 13.1. The highest BCUT2D eigenvalue weighted by atomic mass is 16.5. The fourth-order valence-electron chi connectivity index (χ4n) is 3.65. The third-order valence-electron chi connectivity index (χ3n) is 5.39. The highest BCUT2D eigenvalue weighted by Crippen LogP contribution is 2.32. The van der Waals surface area contributed by atoms with Crippen LogP contribution in [-0.4, -0.2) is 25.2 Å². The van der Waals surface area contributed by atoms with Crippen molar-refractivity contribution in [3.05, 3.63) is 12.2 Å². The molecule has 4 heteroatoms. The van der Waals surface area contributed by atoms with Gasteiger partial charge in [0, 0.05) is 0 Å². The van der Waals surface area contributed by atoms with Crippen LogP contribution in [0.2, 0.25) is 0 Å². The summed E-state index contributed by atoms with van der Waals surface area (Å²) in [5, 5.41) is 0. The van der Waals surface area contributed by atoms with Crippen LogP contribution in [0.4, 0.5) is 0 Å². The fraction of sp³-hybridized carbons (Fsp3) is 0.826. The summed E-state index contributed by atoms with van der Waals surface area (Å²) in [5.74, 6) is -1.31. The van der Waals surface area contributed by atoms with Gasteiger partial charge >= 0.3 is 11.9 Å². The molecule has 0 aromatic rings. The summed E-state index contributed by atoms with van der Waals surface area (Å²) in [6, 6.07) is 0. The lowest BCUT2D eigenvalue weighted by atomic mass is 9.76. The Morgan fingerprint density at radius 1 is 0.815 bits per heavy atom. The molecule has 0 saturated carbocycles. The molecule has 1 rings (SSSR count). The maximum atomic E-state index is 12.6. The van der Waals surface area contributed by atoms with E-state index in [1.54, 1.807) is 0 Å². The van der Waals surface area contributed by atoms with E-state index >= 15 is 0 Å². The zero-order valence-electron chi connectivity index (χ0n) is 17.7. The van der Waals surface area contributed by atoms with E-state index in [0.29, 0.717) is 19.6 Å². The topological polar surface area (TPSA) is 52.6 Å². The highest BCUT2D eigenvalue weighted by Gasteiger charge is 2.40. The van der Waals surface area contributed by atoms with Gasteiger partial charge in [0.2, 0.25) is 0 Å². The Labute approximate surface area is 166 Å². The minimum absolute atomic E-state index is 0.00782. The Bertz CT molecular complexity index is 444. The summed E-state index contributed by atoms with van der Waals surface area (Å²) in [5.41, 5.74) is 0. The number of ether oxygens (including phenoxy) is 2. The highest BCUT2D eigenvalue weighted by molar-refractivity contribution is 5.83. The van der Waals surface area contributed by atoms with E-state index in [4.69, 9.17) is 9.47 Å². The first-order valence-electron chi connectivity index (χ1n) is 11.1. The monoisotopic (exact) mass is 380 g/mol. The predicted molar refractivity (Wildman–Crippen MR) is 109 cm³/mol. The molecule has 0 fully saturated rings. The third-order valence-corrected chi connectivity index (χ3v) is 5.39. The number of carbonyl (C=O) groups is 2. The quantitative estimate of drug-likeness (QED) is 0.216. The van der Waals surface area contributed by atoms with Crippen LogP contribution >= 0.6 is 0 Å². The molecule has 0 amide bonds. The SMILES string of the molecule is CCCCCCCOC(=O)C1CC=CC(C)C1C(=O)OCCCCCCC. The molecule has 4 nitrogen and oxygen atoms in total. The lowest BCUT2D eigenvalue weighted by Gasteiger charge is -2.30. The molecule has 0 radical (unpaired) electrons. The smallest absolute Gasteiger partial charge is 0.310 e. The predicted octanol–water partition coefficient (Wildman–Crippen LogP) is 5.84. The van der Waals surface area contributed by atoms with Gasteiger partial charge in [0.05, 0.1) is 25.0 Å². The van der Waals surface area contributed by atoms with Crippen molar-refractivity contribution in [2.24, 2.45) is 17.8 Å². The molecule has 3 atom stereocenters. The van der Waals surface area contributed by atoms with Gasteiger partial charge in [-0.3, -0.25) is 9.59 Å². The van der Waals surface area contributed by atoms with Gasteiger partial charge in [-0.05, 0) is 25.2 Å². The Morgan fingerprint density at radius 3 is 1.89 bits per heavy atom. The zero-order valence-corrected chi connectivity index (χ0v) is 17.7. The van der Waals surface area contributed by atoms with E-state index in [0.717, 1.165) is 25.7 Å². The van der Waals surface area contributed by atoms with Gasteiger partial charge in [-0.25, -0.2) is 0 Å². The number of unbranched alkanes of at least 4 members (excludes halogenated alkanes) is 8. The molecule has 0 spiro atoms. The van der Waals surface area contributed by atoms with Crippen LogP contribution in [0.1, 0.15) is 91.4 Å². The lowest BCUT2D eigenvalue weighted by molar-refractivity contribution is -0.162. The van der Waals surface area contributed by atoms with Crippen molar-refractivity contribution in [3.8, 4) is 0 Å². The van der Waals surface area contributed by atoms with E-state index in [1.807, 2.05) is 19.1 Å². The summed E-state index contributed by atoms with van der Waals surface area (Å²) < 4.78 is 11.0. The second-order valence-corrected chi connectivity index (χ2v) is 7.82. The fourth-order valence-corrected chi connectivity index (χ4v) is 3.65. The summed E-state index contributed by atoms with van der Waals surface area (Å²) in [4.78, 5) is 25.1. The molecular weight excluding hydrogens is 340 g/mol. The molecule has 156 valence electrons. The molecule has 1 aliphatic carbocycles. The Morgan fingerprint density at radius 2 is 1.33 bits per heavy atom. The van der Waals surface area contributed by atoms with Crippen molar-refractivity contribution >= 4 is 11.9 Å². The van der Waals surface area contributed by atoms with Gasteiger partial charge in [-0.2, -0.15) is 0 Å². The van der Waals surface area contributed by atoms with Crippen LogP contribution in [0.5, 0.6) is 0 Å². The first-order valence-corrected chi connectivity index (χ1v) is 11.1. The second-order valence-electron chi connectivity index (χ2n) is 7.82. The van der Waals surface area contributed by atoms with Crippen molar-refractivity contribution < 1.29 is 19.1 Å². The minimum atomic E-state index is -0.418. The summed E-state index contributed by atoms with van der Waals surface area (Å²) in [6.45, 7) is 7.25. The standard InChI is InChI=1S/C23H40O4/c1-4-6-8-10-12-17-26-22(24)20-16-14-15-19(3)21(20)23(25)27-18-13-11-9-7-5-2/h14-15,19-21H,4-13,16-18H2,1-3H3. The lowest BCUT2D eigenvalue weighted by Crippen LogP contribution is -2.38. The summed E-state index contributed by atoms with van der Waals surface area (Å²) in [6.07, 6.45) is 15.8. The molecule has 0 aromatic carbocycles. The minimum Gasteiger partial charge on any atom is -0.465 e. The molecule has 0 aromatic heterocycles. The van der Waals surface area contributed by atoms with E-state index in [1.165, 1.54) is 38.5 Å². The third kappa shape index (κ3) is 9.44. The molecule has 3 unspecified atom stereocenters. The van der Waals surface area contributed by atoms with Gasteiger partial charge in [0.15, 0.2) is 0 Å². The van der Waals surface area contributed by atoms with E-state index < -0.39 is 11.8 Å². The summed E-state index contributed by atoms with van der Waals surface area (Å²) in [7, 11) is 0. The van der Waals surface area contributed by atoms with Crippen molar-refractivity contribution in [3.63, 3.8) is 0 Å². The normalized spacial score (nSPS) is 21.8. The molecule has 0 saturated heterocycles. The van der Waals surface area contributed by atoms with Crippen LogP contribution in [-0.2, 0) is 19.1 Å². The van der Waals surface area contributed by atoms with Gasteiger partial charge in [0.25, 0.3) is 0 Å². The molecular formula is C23H40O4. The van der Waals surface area contributed by atoms with E-state index in [9.17, 15) is 9.59 Å². The number of hydrogen-bond donors (Lipinski definition) is 0. The molecule has 0 aliphatic heterocycles. The largest absolute Gasteiger partial charge is 0.465 e. The number of carbonyl (C=O) groups excluding carboxylic acids is 2. The Hall–Kier alpha value is -1.32. The van der Waals surface area contributed by atoms with Crippen molar-refractivity contribution in [1.29, 1.82) is 0 Å². The van der Waals surface area contributed by atoms with Crippen molar-refractivity contribution in [2.75, 3.05) is 13.2 Å². The molecule has 0 heterocycles. The number of hydrogen-bond acceptors (Lipinski definition) is 4. The van der Waals surface area contributed by atoms with Crippen LogP contribution in [0.3, 0.4) is 0 Å². The Balaban J connectivity index is 2.41. The molecule has 0 N–H and O–H groups in total. The first kappa shape index (κ1) is 23.7. The molecule has 1 aliphatic rings. The average Bonchev–Trinajstić information content (AvgIpc) is 2.66. The Kier molecular flexibility index (Phi) is 12.9.